The Balaban J connectivity index is 2.49. The Bertz CT molecular complexity index is 585. The topological polar surface area (TPSA) is 63.7 Å². The Morgan fingerprint density at radius 2 is 1.95 bits per heavy atom. The Morgan fingerprint density at radius 1 is 1.26 bits per heavy atom. The second-order valence-corrected chi connectivity index (χ2v) is 3.97. The fraction of sp³-hybridized carbons (Fsp3) is 0.250. The number of ketones is 1. The number of anilines is 1. The Morgan fingerprint density at radius 3 is 2.47 bits per heavy atom. The second kappa shape index (κ2) is 4.75. The van der Waals surface area contributed by atoms with Gasteiger partial charge in [0, 0.05) is 6.07 Å². The van der Waals surface area contributed by atoms with Crippen LogP contribution in [0.25, 0.3) is 0 Å². The lowest BCUT2D eigenvalue weighted by atomic mass is 10.1. The van der Waals surface area contributed by atoms with Crippen LogP contribution in [0.15, 0.2) is 12.1 Å². The number of Topliss-reactive ketones (excluding diaryl/α,β-unsaturated/α-hetero) is 1. The fourth-order valence-electron chi connectivity index (χ4n) is 1.81. The molecule has 7 heteroatoms. The number of nitrogens with zero attached hydrogens (tertiary/aromatic N) is 1. The van der Waals surface area contributed by atoms with E-state index in [1.807, 2.05) is 0 Å². The molecule has 1 aliphatic rings. The lowest BCUT2D eigenvalue weighted by molar-refractivity contribution is -0.121. The molecule has 1 amide bonds. The third kappa shape index (κ3) is 2.31. The standard InChI is InChI=1S/C12H9F2NO4/c1-19-12(18)7-3-10(9(14)4-8(7)13)15-5-6(16)2-11(15)17/h3-4H,2,5H2,1H3. The number of esters is 1. The number of hydrogen-bond donors (Lipinski definition) is 0. The highest BCUT2D eigenvalue weighted by Gasteiger charge is 2.31. The fourth-order valence-corrected chi connectivity index (χ4v) is 1.81. The molecule has 0 spiro atoms. The maximum Gasteiger partial charge on any atom is 0.340 e. The van der Waals surface area contributed by atoms with Crippen LogP contribution in [-0.2, 0) is 14.3 Å². The zero-order chi connectivity index (χ0) is 14.2. The van der Waals surface area contributed by atoms with Crippen molar-refractivity contribution in [2.24, 2.45) is 0 Å². The summed E-state index contributed by atoms with van der Waals surface area (Å²) < 4.78 is 31.4. The van der Waals surface area contributed by atoms with Crippen molar-refractivity contribution in [3.8, 4) is 0 Å². The first-order valence-corrected chi connectivity index (χ1v) is 5.33. The van der Waals surface area contributed by atoms with Crippen LogP contribution >= 0.6 is 0 Å². The molecule has 0 atom stereocenters. The predicted molar refractivity (Wildman–Crippen MR) is 59.7 cm³/mol. The van der Waals surface area contributed by atoms with Gasteiger partial charge in [-0.2, -0.15) is 0 Å². The van der Waals surface area contributed by atoms with Crippen molar-refractivity contribution in [2.45, 2.75) is 6.42 Å². The van der Waals surface area contributed by atoms with Crippen LogP contribution in [0.4, 0.5) is 14.5 Å². The number of benzene rings is 1. The summed E-state index contributed by atoms with van der Waals surface area (Å²) in [5, 5.41) is 0. The zero-order valence-electron chi connectivity index (χ0n) is 9.91. The predicted octanol–water partition coefficient (Wildman–Crippen LogP) is 1.06. The third-order valence-corrected chi connectivity index (χ3v) is 2.72. The Hall–Kier alpha value is -2.31. The average molecular weight is 269 g/mol. The van der Waals surface area contributed by atoms with Crippen molar-refractivity contribution in [3.63, 3.8) is 0 Å². The van der Waals surface area contributed by atoms with E-state index >= 15 is 0 Å². The van der Waals surface area contributed by atoms with Crippen molar-refractivity contribution < 1.29 is 27.9 Å². The summed E-state index contributed by atoms with van der Waals surface area (Å²) in [7, 11) is 1.05. The number of hydrogen-bond acceptors (Lipinski definition) is 4. The van der Waals surface area contributed by atoms with E-state index in [9.17, 15) is 23.2 Å². The normalized spacial score (nSPS) is 15.0. The quantitative estimate of drug-likeness (QED) is 0.595. The molecule has 1 fully saturated rings. The van der Waals surface area contributed by atoms with Crippen LogP contribution in [0, 0.1) is 11.6 Å². The summed E-state index contributed by atoms with van der Waals surface area (Å²) in [4.78, 5) is 34.8. The first-order chi connectivity index (χ1) is 8.93. The van der Waals surface area contributed by atoms with Crippen molar-refractivity contribution in [1.29, 1.82) is 0 Å². The van der Waals surface area contributed by atoms with E-state index < -0.39 is 29.1 Å². The van der Waals surface area contributed by atoms with Gasteiger partial charge in [0.1, 0.15) is 11.6 Å². The zero-order valence-corrected chi connectivity index (χ0v) is 9.91. The molecular formula is C12H9F2NO4. The minimum atomic E-state index is -1.09. The first-order valence-electron chi connectivity index (χ1n) is 5.33. The molecule has 0 aromatic heterocycles. The van der Waals surface area contributed by atoms with E-state index in [-0.39, 0.29) is 24.4 Å². The lowest BCUT2D eigenvalue weighted by Crippen LogP contribution is -2.26. The second-order valence-electron chi connectivity index (χ2n) is 3.97. The van der Waals surface area contributed by atoms with Crippen LogP contribution in [0.2, 0.25) is 0 Å². The summed E-state index contributed by atoms with van der Waals surface area (Å²) in [6, 6.07) is 1.35. The lowest BCUT2D eigenvalue weighted by Gasteiger charge is -2.16. The summed E-state index contributed by atoms with van der Waals surface area (Å²) in [5.74, 6) is -4.06. The highest BCUT2D eigenvalue weighted by atomic mass is 19.1. The summed E-state index contributed by atoms with van der Waals surface area (Å²) in [5.41, 5.74) is -0.802. The molecule has 1 heterocycles. The summed E-state index contributed by atoms with van der Waals surface area (Å²) in [6.07, 6.45) is -0.329. The molecular weight excluding hydrogens is 260 g/mol. The van der Waals surface area contributed by atoms with E-state index in [4.69, 9.17) is 0 Å². The molecule has 0 N–H and O–H groups in total. The van der Waals surface area contributed by atoms with Crippen LogP contribution in [-0.4, -0.2) is 31.3 Å². The van der Waals surface area contributed by atoms with Crippen molar-refractivity contribution in [2.75, 3.05) is 18.6 Å². The van der Waals surface area contributed by atoms with Gasteiger partial charge in [0.15, 0.2) is 5.78 Å². The number of carbonyl (C=O) groups is 3. The molecule has 1 aromatic carbocycles. The van der Waals surface area contributed by atoms with E-state index in [0.717, 1.165) is 18.1 Å². The number of amides is 1. The number of halogens is 2. The molecule has 19 heavy (non-hydrogen) atoms. The Labute approximate surface area is 106 Å². The number of ether oxygens (including phenoxy) is 1. The SMILES string of the molecule is COC(=O)c1cc(N2CC(=O)CC2=O)c(F)cc1F. The number of methoxy groups -OCH3 is 1. The molecule has 0 radical (unpaired) electrons. The van der Waals surface area contributed by atoms with Gasteiger partial charge in [0.2, 0.25) is 5.91 Å². The van der Waals surface area contributed by atoms with Gasteiger partial charge in [-0.1, -0.05) is 0 Å². The molecule has 0 aliphatic carbocycles. The van der Waals surface area contributed by atoms with Crippen LogP contribution in [0.5, 0.6) is 0 Å². The van der Waals surface area contributed by atoms with Gasteiger partial charge < -0.3 is 9.64 Å². The van der Waals surface area contributed by atoms with E-state index in [1.54, 1.807) is 0 Å². The molecule has 1 aromatic rings. The number of carbonyl (C=O) groups excluding carboxylic acids is 3. The first kappa shape index (κ1) is 13.1. The van der Waals surface area contributed by atoms with Crippen molar-refractivity contribution >= 4 is 23.3 Å². The smallest absolute Gasteiger partial charge is 0.340 e. The van der Waals surface area contributed by atoms with Crippen LogP contribution in [0.1, 0.15) is 16.8 Å². The van der Waals surface area contributed by atoms with Crippen molar-refractivity contribution in [1.82, 2.24) is 0 Å². The van der Waals surface area contributed by atoms with Crippen LogP contribution in [0.3, 0.4) is 0 Å². The van der Waals surface area contributed by atoms with Gasteiger partial charge in [-0.3, -0.25) is 9.59 Å². The van der Waals surface area contributed by atoms with Gasteiger partial charge >= 0.3 is 5.97 Å². The maximum atomic E-state index is 13.7. The van der Waals surface area contributed by atoms with Gasteiger partial charge in [-0.05, 0) is 6.07 Å². The Kier molecular flexibility index (Phi) is 3.28. The molecule has 1 aliphatic heterocycles. The summed E-state index contributed by atoms with van der Waals surface area (Å²) in [6.45, 7) is -0.290. The molecule has 0 saturated carbocycles. The van der Waals surface area contributed by atoms with Gasteiger partial charge in [-0.25, -0.2) is 13.6 Å². The van der Waals surface area contributed by atoms with E-state index in [0.29, 0.717) is 6.07 Å². The van der Waals surface area contributed by atoms with Gasteiger partial charge in [0.25, 0.3) is 0 Å². The molecule has 100 valence electrons. The van der Waals surface area contributed by atoms with Gasteiger partial charge in [0.05, 0.1) is 31.3 Å². The largest absolute Gasteiger partial charge is 0.465 e. The minimum Gasteiger partial charge on any atom is -0.465 e. The summed E-state index contributed by atoms with van der Waals surface area (Å²) >= 11 is 0. The van der Waals surface area contributed by atoms with Crippen molar-refractivity contribution in [3.05, 3.63) is 29.3 Å². The number of rotatable bonds is 2. The monoisotopic (exact) mass is 269 g/mol. The third-order valence-electron chi connectivity index (χ3n) is 2.72. The van der Waals surface area contributed by atoms with E-state index in [1.165, 1.54) is 0 Å². The van der Waals surface area contributed by atoms with Gasteiger partial charge in [-0.15, -0.1) is 0 Å². The molecule has 5 nitrogen and oxygen atoms in total. The molecule has 0 unspecified atom stereocenters. The highest BCUT2D eigenvalue weighted by Crippen LogP contribution is 2.26. The van der Waals surface area contributed by atoms with Crippen LogP contribution < -0.4 is 4.90 Å². The molecule has 2 rings (SSSR count). The van der Waals surface area contributed by atoms with E-state index in [2.05, 4.69) is 4.74 Å². The molecule has 1 saturated heterocycles. The molecule has 0 bridgehead atoms. The highest BCUT2D eigenvalue weighted by molar-refractivity contribution is 6.15. The maximum absolute atomic E-state index is 13.7. The average Bonchev–Trinajstić information content (AvgIpc) is 2.67. The minimum absolute atomic E-state index is 0.290.